The second kappa shape index (κ2) is 4.35. The smallest absolute Gasteiger partial charge is 0.331 e. The average molecular weight is 274 g/mol. The van der Waals surface area contributed by atoms with E-state index in [4.69, 9.17) is 4.74 Å². The summed E-state index contributed by atoms with van der Waals surface area (Å²) in [5.41, 5.74) is 2.76. The first-order chi connectivity index (χ1) is 9.47. The maximum atomic E-state index is 11.5. The van der Waals surface area contributed by atoms with Crippen LogP contribution in [0.25, 0.3) is 5.57 Å². The Morgan fingerprint density at radius 2 is 2.20 bits per heavy atom. The van der Waals surface area contributed by atoms with E-state index in [0.717, 1.165) is 35.3 Å². The number of aliphatic hydroxyl groups excluding tert-OH is 1. The first-order valence-electron chi connectivity index (χ1n) is 6.79. The lowest BCUT2D eigenvalue weighted by atomic mass is 9.68. The van der Waals surface area contributed by atoms with Crippen molar-refractivity contribution in [1.29, 1.82) is 0 Å². The van der Waals surface area contributed by atoms with E-state index in [2.05, 4.69) is 0 Å². The Labute approximate surface area is 117 Å². The lowest BCUT2D eigenvalue weighted by molar-refractivity contribution is -0.132. The van der Waals surface area contributed by atoms with Crippen molar-refractivity contribution < 1.29 is 19.7 Å². The number of rotatable bonds is 2. The van der Waals surface area contributed by atoms with Gasteiger partial charge in [0.15, 0.2) is 0 Å². The monoisotopic (exact) mass is 274 g/mol. The lowest BCUT2D eigenvalue weighted by Gasteiger charge is -2.37. The van der Waals surface area contributed by atoms with E-state index in [0.29, 0.717) is 5.57 Å². The number of carboxylic acid groups (broad SMARTS) is 1. The highest BCUT2D eigenvalue weighted by Crippen LogP contribution is 2.55. The number of carbonyl (C=O) groups is 1. The summed E-state index contributed by atoms with van der Waals surface area (Å²) >= 11 is 0. The largest absolute Gasteiger partial charge is 0.497 e. The van der Waals surface area contributed by atoms with Crippen molar-refractivity contribution >= 4 is 11.5 Å². The summed E-state index contributed by atoms with van der Waals surface area (Å²) in [7, 11) is 1.62. The molecule has 4 heteroatoms. The molecule has 0 bridgehead atoms. The van der Waals surface area contributed by atoms with Crippen molar-refractivity contribution in [1.82, 2.24) is 0 Å². The number of methoxy groups -OCH3 is 1. The third-order valence-corrected chi connectivity index (χ3v) is 4.76. The van der Waals surface area contributed by atoms with Crippen molar-refractivity contribution in [2.75, 3.05) is 7.11 Å². The summed E-state index contributed by atoms with van der Waals surface area (Å²) in [5, 5.41) is 19.7. The van der Waals surface area contributed by atoms with Crippen LogP contribution in [0.5, 0.6) is 5.75 Å². The van der Waals surface area contributed by atoms with E-state index in [-0.39, 0.29) is 6.42 Å². The third kappa shape index (κ3) is 1.68. The molecule has 0 saturated carbocycles. The van der Waals surface area contributed by atoms with E-state index in [9.17, 15) is 15.0 Å². The quantitative estimate of drug-likeness (QED) is 0.868. The molecule has 2 aliphatic rings. The first kappa shape index (κ1) is 13.2. The molecule has 1 aromatic rings. The minimum atomic E-state index is -0.925. The van der Waals surface area contributed by atoms with E-state index < -0.39 is 17.5 Å². The normalized spacial score (nSPS) is 28.1. The lowest BCUT2D eigenvalue weighted by Crippen LogP contribution is -2.32. The third-order valence-electron chi connectivity index (χ3n) is 4.76. The van der Waals surface area contributed by atoms with Crippen LogP contribution >= 0.6 is 0 Å². The zero-order valence-corrected chi connectivity index (χ0v) is 11.6. The maximum Gasteiger partial charge on any atom is 0.331 e. The summed E-state index contributed by atoms with van der Waals surface area (Å²) in [6.45, 7) is 1.97. The first-order valence-corrected chi connectivity index (χ1v) is 6.79. The van der Waals surface area contributed by atoms with E-state index in [1.54, 1.807) is 7.11 Å². The van der Waals surface area contributed by atoms with Crippen molar-refractivity contribution in [2.45, 2.75) is 32.3 Å². The van der Waals surface area contributed by atoms with Gasteiger partial charge in [0.25, 0.3) is 0 Å². The van der Waals surface area contributed by atoms with Crippen LogP contribution in [0.15, 0.2) is 23.8 Å². The molecule has 0 radical (unpaired) electrons. The summed E-state index contributed by atoms with van der Waals surface area (Å²) in [6, 6.07) is 5.73. The van der Waals surface area contributed by atoms with Crippen LogP contribution in [0, 0.1) is 5.41 Å². The van der Waals surface area contributed by atoms with Gasteiger partial charge in [0.1, 0.15) is 5.75 Å². The number of ether oxygens (including phenoxy) is 1. The zero-order valence-electron chi connectivity index (χ0n) is 11.6. The standard InChI is InChI=1S/C16H18O4/c1-16-6-5-9-7-10(20-2)3-4-11(9)14(16)12(15(18)19)8-13(16)17/h3-4,7,13,17H,5-6,8H2,1-2H3,(H,18,19)/t13-,16-/m1/s1. The Bertz CT molecular complexity index is 617. The predicted octanol–water partition coefficient (Wildman–Crippen LogP) is 2.25. The zero-order chi connectivity index (χ0) is 14.5. The van der Waals surface area contributed by atoms with E-state index in [1.807, 2.05) is 25.1 Å². The molecule has 0 aliphatic heterocycles. The van der Waals surface area contributed by atoms with Gasteiger partial charge in [0.2, 0.25) is 0 Å². The molecule has 2 atom stereocenters. The minimum absolute atomic E-state index is 0.229. The molecule has 0 aromatic heterocycles. The molecule has 0 amide bonds. The van der Waals surface area contributed by atoms with Crippen LogP contribution in [0.4, 0.5) is 0 Å². The highest BCUT2D eigenvalue weighted by Gasteiger charge is 2.48. The van der Waals surface area contributed by atoms with Gasteiger partial charge in [-0.25, -0.2) is 4.79 Å². The molecule has 0 saturated heterocycles. The molecule has 0 heterocycles. The molecule has 0 unspecified atom stereocenters. The van der Waals surface area contributed by atoms with Crippen LogP contribution < -0.4 is 4.74 Å². The maximum absolute atomic E-state index is 11.5. The number of fused-ring (bicyclic) bond motifs is 3. The minimum Gasteiger partial charge on any atom is -0.497 e. The Hall–Kier alpha value is -1.81. The molecule has 106 valence electrons. The highest BCUT2D eigenvalue weighted by atomic mass is 16.5. The fraction of sp³-hybridized carbons (Fsp3) is 0.438. The molecule has 1 aromatic carbocycles. The van der Waals surface area contributed by atoms with Gasteiger partial charge in [-0.05, 0) is 41.7 Å². The van der Waals surface area contributed by atoms with Crippen LogP contribution in [-0.4, -0.2) is 29.4 Å². The van der Waals surface area contributed by atoms with Gasteiger partial charge in [0, 0.05) is 17.4 Å². The molecule has 3 rings (SSSR count). The highest BCUT2D eigenvalue weighted by molar-refractivity contribution is 6.00. The number of carboxylic acids is 1. The van der Waals surface area contributed by atoms with Crippen LogP contribution in [0.2, 0.25) is 0 Å². The Balaban J connectivity index is 2.22. The summed E-state index contributed by atoms with van der Waals surface area (Å²) in [5.74, 6) is -0.144. The van der Waals surface area contributed by atoms with E-state index >= 15 is 0 Å². The Morgan fingerprint density at radius 3 is 2.85 bits per heavy atom. The van der Waals surface area contributed by atoms with Crippen molar-refractivity contribution in [3.05, 3.63) is 34.9 Å². The fourth-order valence-corrected chi connectivity index (χ4v) is 3.53. The van der Waals surface area contributed by atoms with Crippen molar-refractivity contribution in [3.8, 4) is 5.75 Å². The topological polar surface area (TPSA) is 66.8 Å². The molecule has 4 nitrogen and oxygen atoms in total. The van der Waals surface area contributed by atoms with Gasteiger partial charge in [0.05, 0.1) is 13.2 Å². The fourth-order valence-electron chi connectivity index (χ4n) is 3.53. The van der Waals surface area contributed by atoms with Crippen LogP contribution in [-0.2, 0) is 11.2 Å². The van der Waals surface area contributed by atoms with Gasteiger partial charge in [-0.15, -0.1) is 0 Å². The molecule has 2 aliphatic carbocycles. The molecular weight excluding hydrogens is 256 g/mol. The SMILES string of the molecule is COc1ccc2c(c1)CC[C@@]1(C)C2=C(C(=O)O)C[C@H]1O. The van der Waals surface area contributed by atoms with Crippen LogP contribution in [0.3, 0.4) is 0 Å². The van der Waals surface area contributed by atoms with Gasteiger partial charge >= 0.3 is 5.97 Å². The van der Waals surface area contributed by atoms with E-state index in [1.165, 1.54) is 0 Å². The number of hydrogen-bond acceptors (Lipinski definition) is 3. The number of aryl methyl sites for hydroxylation is 1. The van der Waals surface area contributed by atoms with Crippen molar-refractivity contribution in [2.24, 2.45) is 5.41 Å². The average Bonchev–Trinajstić information content (AvgIpc) is 2.71. The summed E-state index contributed by atoms with van der Waals surface area (Å²) < 4.78 is 5.23. The van der Waals surface area contributed by atoms with Gasteiger partial charge < -0.3 is 14.9 Å². The van der Waals surface area contributed by atoms with Gasteiger partial charge in [-0.1, -0.05) is 13.0 Å². The predicted molar refractivity (Wildman–Crippen MR) is 74.6 cm³/mol. The molecule has 0 fully saturated rings. The number of aliphatic hydroxyl groups is 1. The summed E-state index contributed by atoms with van der Waals surface area (Å²) in [6.07, 6.45) is 1.21. The van der Waals surface area contributed by atoms with Crippen LogP contribution in [0.1, 0.15) is 30.9 Å². The number of benzene rings is 1. The second-order valence-electron chi connectivity index (χ2n) is 5.82. The van der Waals surface area contributed by atoms with Gasteiger partial charge in [-0.3, -0.25) is 0 Å². The Morgan fingerprint density at radius 1 is 1.45 bits per heavy atom. The number of hydrogen-bond donors (Lipinski definition) is 2. The van der Waals surface area contributed by atoms with Gasteiger partial charge in [-0.2, -0.15) is 0 Å². The molecular formula is C16H18O4. The number of aliphatic carboxylic acids is 1. The Kier molecular flexibility index (Phi) is 2.87. The second-order valence-corrected chi connectivity index (χ2v) is 5.82. The molecule has 0 spiro atoms. The van der Waals surface area contributed by atoms with Crippen molar-refractivity contribution in [3.63, 3.8) is 0 Å². The summed E-state index contributed by atoms with van der Waals surface area (Å²) in [4.78, 5) is 11.5. The molecule has 20 heavy (non-hydrogen) atoms. The molecule has 2 N–H and O–H groups in total.